The zero-order chi connectivity index (χ0) is 25.4. The number of carbonyl (C=O) groups is 3. The number of carbonyl (C=O) groups excluding carboxylic acids is 2. The molecule has 0 bridgehead atoms. The van der Waals surface area contributed by atoms with Crippen LogP contribution in [0.2, 0.25) is 0 Å². The number of fused-ring (bicyclic) bond motifs is 3. The minimum absolute atomic E-state index is 0.00437. The van der Waals surface area contributed by atoms with E-state index in [0.29, 0.717) is 12.8 Å². The number of nitrogens with one attached hydrogen (secondary N) is 2. The highest BCUT2D eigenvalue weighted by Gasteiger charge is 2.30. The average Bonchev–Trinajstić information content (AvgIpc) is 3.17. The van der Waals surface area contributed by atoms with Crippen LogP contribution >= 0.6 is 0 Å². The van der Waals surface area contributed by atoms with Gasteiger partial charge in [0.05, 0.1) is 0 Å². The van der Waals surface area contributed by atoms with E-state index in [-0.39, 0.29) is 24.9 Å². The molecule has 3 N–H and O–H groups in total. The molecule has 0 spiro atoms. The van der Waals surface area contributed by atoms with Gasteiger partial charge in [-0.1, -0.05) is 88.6 Å². The largest absolute Gasteiger partial charge is 0.480 e. The Morgan fingerprint density at radius 3 is 2.11 bits per heavy atom. The van der Waals surface area contributed by atoms with Gasteiger partial charge in [0.15, 0.2) is 0 Å². The first-order valence-corrected chi connectivity index (χ1v) is 12.5. The first-order valence-electron chi connectivity index (χ1n) is 12.5. The Hall–Kier alpha value is -3.35. The van der Waals surface area contributed by atoms with E-state index in [1.54, 1.807) is 6.92 Å². The molecule has 3 rings (SSSR count). The Morgan fingerprint density at radius 2 is 1.57 bits per heavy atom. The molecule has 0 aromatic heterocycles. The Bertz CT molecular complexity index is 992. The lowest BCUT2D eigenvalue weighted by Crippen LogP contribution is -2.47. The summed E-state index contributed by atoms with van der Waals surface area (Å²) in [6, 6.07) is 14.9. The molecular weight excluding hydrogens is 444 g/mol. The Morgan fingerprint density at radius 1 is 0.971 bits per heavy atom. The summed E-state index contributed by atoms with van der Waals surface area (Å²) in [6.07, 6.45) is 2.41. The smallest absolute Gasteiger partial charge is 0.407 e. The van der Waals surface area contributed by atoms with Gasteiger partial charge < -0.3 is 20.5 Å². The fourth-order valence-corrected chi connectivity index (χ4v) is 4.62. The molecule has 0 saturated heterocycles. The van der Waals surface area contributed by atoms with Crippen LogP contribution in [0.15, 0.2) is 48.5 Å². The number of alkyl carbamates (subject to hydrolysis) is 1. The molecule has 2 amide bonds. The van der Waals surface area contributed by atoms with Crippen molar-refractivity contribution in [3.8, 4) is 11.1 Å². The van der Waals surface area contributed by atoms with Crippen molar-refractivity contribution < 1.29 is 24.2 Å². The number of ether oxygens (including phenoxy) is 1. The van der Waals surface area contributed by atoms with E-state index in [1.165, 1.54) is 0 Å². The second-order valence-electron chi connectivity index (χ2n) is 9.28. The summed E-state index contributed by atoms with van der Waals surface area (Å²) in [5.41, 5.74) is 4.58. The van der Waals surface area contributed by atoms with E-state index in [4.69, 9.17) is 4.74 Å². The summed E-state index contributed by atoms with van der Waals surface area (Å²) in [5.74, 6) is -1.68. The average molecular weight is 481 g/mol. The highest BCUT2D eigenvalue weighted by molar-refractivity contribution is 5.84. The van der Waals surface area contributed by atoms with Gasteiger partial charge in [0.2, 0.25) is 5.91 Å². The van der Waals surface area contributed by atoms with Crippen molar-refractivity contribution in [3.63, 3.8) is 0 Å². The third kappa shape index (κ3) is 6.62. The van der Waals surface area contributed by atoms with Gasteiger partial charge in [-0.3, -0.25) is 4.79 Å². The molecule has 0 aliphatic heterocycles. The SMILES string of the molecule is CCCCC(CC(=O)NC(C(=O)O)C(C)CC)NC(=O)OCC1c2ccccc2-c2ccccc21. The number of hydrogen-bond acceptors (Lipinski definition) is 4. The highest BCUT2D eigenvalue weighted by Crippen LogP contribution is 2.44. The summed E-state index contributed by atoms with van der Waals surface area (Å²) in [5, 5.41) is 14.9. The minimum Gasteiger partial charge on any atom is -0.480 e. The Balaban J connectivity index is 1.61. The van der Waals surface area contributed by atoms with Crippen molar-refractivity contribution in [2.45, 2.75) is 70.9 Å². The molecular formula is C28H36N2O5. The van der Waals surface area contributed by atoms with Crippen LogP contribution in [-0.4, -0.2) is 41.8 Å². The van der Waals surface area contributed by atoms with Gasteiger partial charge in [0.25, 0.3) is 0 Å². The number of amides is 2. The highest BCUT2D eigenvalue weighted by atomic mass is 16.5. The minimum atomic E-state index is -1.05. The van der Waals surface area contributed by atoms with Crippen LogP contribution in [0, 0.1) is 5.92 Å². The maximum Gasteiger partial charge on any atom is 0.407 e. The maximum absolute atomic E-state index is 12.7. The van der Waals surface area contributed by atoms with Gasteiger partial charge in [-0.15, -0.1) is 0 Å². The van der Waals surface area contributed by atoms with Crippen LogP contribution in [0.25, 0.3) is 11.1 Å². The van der Waals surface area contributed by atoms with E-state index >= 15 is 0 Å². The molecule has 7 nitrogen and oxygen atoms in total. The molecule has 3 unspecified atom stereocenters. The van der Waals surface area contributed by atoms with E-state index in [9.17, 15) is 19.5 Å². The van der Waals surface area contributed by atoms with Gasteiger partial charge in [0.1, 0.15) is 12.6 Å². The van der Waals surface area contributed by atoms with Gasteiger partial charge in [-0.2, -0.15) is 0 Å². The molecule has 7 heteroatoms. The Kier molecular flexibility index (Phi) is 9.29. The van der Waals surface area contributed by atoms with Crippen molar-refractivity contribution >= 4 is 18.0 Å². The quantitative estimate of drug-likeness (QED) is 0.392. The number of carboxylic acids is 1. The molecule has 35 heavy (non-hydrogen) atoms. The van der Waals surface area contributed by atoms with Gasteiger partial charge in [0, 0.05) is 18.4 Å². The fraction of sp³-hybridized carbons (Fsp3) is 0.464. The van der Waals surface area contributed by atoms with Crippen LogP contribution < -0.4 is 10.6 Å². The molecule has 1 aliphatic carbocycles. The van der Waals surface area contributed by atoms with Crippen molar-refractivity contribution in [3.05, 3.63) is 59.7 Å². The lowest BCUT2D eigenvalue weighted by molar-refractivity contribution is -0.143. The van der Waals surface area contributed by atoms with Crippen molar-refractivity contribution in [1.29, 1.82) is 0 Å². The molecule has 188 valence electrons. The summed E-state index contributed by atoms with van der Waals surface area (Å²) < 4.78 is 5.63. The molecule has 2 aromatic carbocycles. The lowest BCUT2D eigenvalue weighted by atomic mass is 9.98. The zero-order valence-electron chi connectivity index (χ0n) is 20.8. The van der Waals surface area contributed by atoms with E-state index in [1.807, 2.05) is 38.1 Å². The number of unbranched alkanes of at least 4 members (excludes halogenated alkanes) is 1. The number of rotatable bonds is 12. The molecule has 2 aromatic rings. The van der Waals surface area contributed by atoms with Crippen molar-refractivity contribution in [2.75, 3.05) is 6.61 Å². The third-order valence-electron chi connectivity index (χ3n) is 6.80. The molecule has 3 atom stereocenters. The molecule has 1 aliphatic rings. The van der Waals surface area contributed by atoms with Gasteiger partial charge in [-0.05, 0) is 34.6 Å². The topological polar surface area (TPSA) is 105 Å². The number of carboxylic acid groups (broad SMARTS) is 1. The lowest BCUT2D eigenvalue weighted by Gasteiger charge is -2.23. The normalized spacial score (nSPS) is 14.8. The first kappa shape index (κ1) is 26.3. The molecule has 0 heterocycles. The fourth-order valence-electron chi connectivity index (χ4n) is 4.62. The molecule has 0 saturated carbocycles. The van der Waals surface area contributed by atoms with Crippen LogP contribution in [0.5, 0.6) is 0 Å². The van der Waals surface area contributed by atoms with Crippen LogP contribution in [0.4, 0.5) is 4.79 Å². The zero-order valence-corrected chi connectivity index (χ0v) is 20.8. The number of benzene rings is 2. The second kappa shape index (κ2) is 12.4. The van der Waals surface area contributed by atoms with Crippen molar-refractivity contribution in [1.82, 2.24) is 10.6 Å². The maximum atomic E-state index is 12.7. The summed E-state index contributed by atoms with van der Waals surface area (Å²) in [4.78, 5) is 36.9. The van der Waals surface area contributed by atoms with Crippen LogP contribution in [0.1, 0.15) is 69.9 Å². The predicted octanol–water partition coefficient (Wildman–Crippen LogP) is 5.09. The Labute approximate surface area is 207 Å². The summed E-state index contributed by atoms with van der Waals surface area (Å²) in [7, 11) is 0. The summed E-state index contributed by atoms with van der Waals surface area (Å²) in [6.45, 7) is 5.91. The first-order chi connectivity index (χ1) is 16.8. The van der Waals surface area contributed by atoms with Crippen molar-refractivity contribution in [2.24, 2.45) is 5.92 Å². The van der Waals surface area contributed by atoms with E-state index < -0.39 is 30.1 Å². The van der Waals surface area contributed by atoms with E-state index in [0.717, 1.165) is 35.1 Å². The standard InChI is InChI=1S/C28H36N2O5/c1-4-6-11-19(16-25(31)30-26(27(32)33)18(3)5-2)29-28(34)35-17-24-22-14-9-7-12-20(22)21-13-8-10-15-23(21)24/h7-10,12-15,18-19,24,26H,4-6,11,16-17H2,1-3H3,(H,29,34)(H,30,31)(H,32,33). The van der Waals surface area contributed by atoms with Gasteiger partial charge >= 0.3 is 12.1 Å². The van der Waals surface area contributed by atoms with Crippen LogP contribution in [-0.2, 0) is 14.3 Å². The molecule has 0 radical (unpaired) electrons. The monoisotopic (exact) mass is 480 g/mol. The summed E-state index contributed by atoms with van der Waals surface area (Å²) >= 11 is 0. The van der Waals surface area contributed by atoms with E-state index in [2.05, 4.69) is 34.9 Å². The number of hydrogen-bond donors (Lipinski definition) is 3. The number of aliphatic carboxylic acids is 1. The van der Waals surface area contributed by atoms with Gasteiger partial charge in [-0.25, -0.2) is 9.59 Å². The predicted molar refractivity (Wildman–Crippen MR) is 135 cm³/mol. The molecule has 0 fully saturated rings. The van der Waals surface area contributed by atoms with Crippen LogP contribution in [0.3, 0.4) is 0 Å². The second-order valence-corrected chi connectivity index (χ2v) is 9.28. The third-order valence-corrected chi connectivity index (χ3v) is 6.80.